The van der Waals surface area contributed by atoms with Crippen LogP contribution >= 0.6 is 11.6 Å². The molecule has 2 aromatic rings. The predicted molar refractivity (Wildman–Crippen MR) is 113 cm³/mol. The molecule has 30 heavy (non-hydrogen) atoms. The number of benzene rings is 2. The molecule has 0 aliphatic carbocycles. The van der Waals surface area contributed by atoms with Gasteiger partial charge in [0.25, 0.3) is 0 Å². The van der Waals surface area contributed by atoms with Gasteiger partial charge in [0.05, 0.1) is 5.69 Å². The number of carbonyl (C=O) groups excluding carboxylic acids is 4. The summed E-state index contributed by atoms with van der Waals surface area (Å²) in [6.45, 7) is 3.60. The second-order valence-electron chi connectivity index (χ2n) is 6.56. The molecule has 1 fully saturated rings. The van der Waals surface area contributed by atoms with Gasteiger partial charge in [-0.2, -0.15) is 0 Å². The summed E-state index contributed by atoms with van der Waals surface area (Å²) in [4.78, 5) is 56.7. The van der Waals surface area contributed by atoms with E-state index in [1.165, 1.54) is 12.3 Å². The third kappa shape index (κ3) is 4.02. The van der Waals surface area contributed by atoms with Crippen molar-refractivity contribution in [3.05, 3.63) is 64.7 Å². The molecule has 8 heteroatoms. The van der Waals surface area contributed by atoms with E-state index in [1.807, 2.05) is 0 Å². The molecule has 0 unspecified atom stereocenters. The number of rotatable bonds is 6. The van der Waals surface area contributed by atoms with Crippen LogP contribution in [0.4, 0.5) is 10.5 Å². The first-order valence-electron chi connectivity index (χ1n) is 9.49. The summed E-state index contributed by atoms with van der Waals surface area (Å²) in [5.74, 6) is -2.79. The van der Waals surface area contributed by atoms with E-state index in [0.29, 0.717) is 10.6 Å². The average Bonchev–Trinajstić information content (AvgIpc) is 2.75. The zero-order chi connectivity index (χ0) is 21.8. The molecule has 3 rings (SSSR count). The highest BCUT2D eigenvalue weighted by Gasteiger charge is 2.43. The number of urea groups is 1. The fourth-order valence-corrected chi connectivity index (χ4v) is 3.36. The van der Waals surface area contributed by atoms with Gasteiger partial charge < -0.3 is 0 Å². The van der Waals surface area contributed by atoms with Crippen molar-refractivity contribution >= 4 is 47.1 Å². The van der Waals surface area contributed by atoms with Crippen LogP contribution in [0.5, 0.6) is 0 Å². The lowest BCUT2D eigenvalue weighted by Gasteiger charge is -2.34. The maximum Gasteiger partial charge on any atom is 0.333 e. The topological polar surface area (TPSA) is 87.1 Å². The molecule has 1 aliphatic rings. The van der Waals surface area contributed by atoms with Crippen LogP contribution in [0.25, 0.3) is 0 Å². The first-order valence-corrected chi connectivity index (χ1v) is 9.87. The lowest BCUT2D eigenvalue weighted by atomic mass is 10.0. The number of amides is 4. The molecule has 0 radical (unpaired) electrons. The Morgan fingerprint density at radius 1 is 1.00 bits per heavy atom. The molecule has 4 amide bonds. The highest BCUT2D eigenvalue weighted by molar-refractivity contribution is 6.31. The molecular formula is C22H20ClN3O4. The Kier molecular flexibility index (Phi) is 6.42. The Bertz CT molecular complexity index is 1010. The molecule has 0 bridgehead atoms. The number of halogens is 1. The minimum Gasteiger partial charge on any atom is -0.289 e. The number of aliphatic imine (C=N–C) groups is 1. The number of barbiturate groups is 1. The average molecular weight is 426 g/mol. The minimum atomic E-state index is -1.24. The van der Waals surface area contributed by atoms with Gasteiger partial charge in [-0.1, -0.05) is 41.9 Å². The summed E-state index contributed by atoms with van der Waals surface area (Å²) in [5, 5.41) is 0.359. The molecule has 7 nitrogen and oxygen atoms in total. The van der Waals surface area contributed by atoms with Crippen molar-refractivity contribution in [2.45, 2.75) is 13.8 Å². The van der Waals surface area contributed by atoms with Gasteiger partial charge in [0, 0.05) is 35.5 Å². The number of carbonyl (C=O) groups is 4. The molecule has 0 spiro atoms. The molecular weight excluding hydrogens is 406 g/mol. The fraction of sp³-hybridized carbons (Fsp3) is 0.227. The van der Waals surface area contributed by atoms with Gasteiger partial charge in [-0.3, -0.25) is 29.2 Å². The largest absolute Gasteiger partial charge is 0.333 e. The molecule has 154 valence electrons. The normalized spacial score (nSPS) is 15.4. The van der Waals surface area contributed by atoms with Crippen molar-refractivity contribution in [1.82, 2.24) is 9.80 Å². The Hall–Kier alpha value is -3.32. The van der Waals surface area contributed by atoms with E-state index in [-0.39, 0.29) is 30.1 Å². The van der Waals surface area contributed by atoms with Crippen LogP contribution in [0.15, 0.2) is 53.5 Å². The van der Waals surface area contributed by atoms with E-state index in [9.17, 15) is 19.2 Å². The first-order chi connectivity index (χ1) is 14.4. The van der Waals surface area contributed by atoms with Crippen molar-refractivity contribution in [2.24, 2.45) is 10.9 Å². The van der Waals surface area contributed by atoms with Crippen molar-refractivity contribution in [3.63, 3.8) is 0 Å². The highest BCUT2D eigenvalue weighted by atomic mass is 35.5. The van der Waals surface area contributed by atoms with Gasteiger partial charge in [0.1, 0.15) is 0 Å². The summed E-state index contributed by atoms with van der Waals surface area (Å²) in [5.41, 5.74) is 0.981. The Morgan fingerprint density at radius 3 is 2.17 bits per heavy atom. The van der Waals surface area contributed by atoms with Crippen LogP contribution in [0.1, 0.15) is 29.8 Å². The molecule has 0 saturated carbocycles. The second kappa shape index (κ2) is 9.00. The van der Waals surface area contributed by atoms with Gasteiger partial charge in [0.15, 0.2) is 11.7 Å². The Balaban J connectivity index is 1.97. The third-order valence-corrected chi connectivity index (χ3v) is 5.00. The van der Waals surface area contributed by atoms with Crippen LogP contribution < -0.4 is 0 Å². The standard InChI is InChI=1S/C22H20ClN3O4/c1-3-25-20(28)17(21(29)26(4-2)22(25)30)13-24-18-11-10-15(23)12-16(18)19(27)14-8-6-5-7-9-14/h5-13,17H,3-4H2,1-2H3. The van der Waals surface area contributed by atoms with Crippen molar-refractivity contribution in [2.75, 3.05) is 13.1 Å². The van der Waals surface area contributed by atoms with Gasteiger partial charge in [-0.25, -0.2) is 4.79 Å². The summed E-state index contributed by atoms with van der Waals surface area (Å²) >= 11 is 6.07. The minimum absolute atomic E-state index is 0.143. The predicted octanol–water partition coefficient (Wildman–Crippen LogP) is 3.72. The third-order valence-electron chi connectivity index (χ3n) is 4.76. The van der Waals surface area contributed by atoms with Crippen molar-refractivity contribution < 1.29 is 19.2 Å². The van der Waals surface area contributed by atoms with Crippen LogP contribution in [-0.4, -0.2) is 52.7 Å². The zero-order valence-electron chi connectivity index (χ0n) is 16.5. The van der Waals surface area contributed by atoms with E-state index < -0.39 is 23.8 Å². The summed E-state index contributed by atoms with van der Waals surface area (Å²) < 4.78 is 0. The maximum absolute atomic E-state index is 12.9. The molecule has 1 aliphatic heterocycles. The van der Waals surface area contributed by atoms with Gasteiger partial charge >= 0.3 is 6.03 Å². The lowest BCUT2D eigenvalue weighted by Crippen LogP contribution is -2.59. The highest BCUT2D eigenvalue weighted by Crippen LogP contribution is 2.27. The fourth-order valence-electron chi connectivity index (χ4n) is 3.19. The summed E-state index contributed by atoms with van der Waals surface area (Å²) in [7, 11) is 0. The quantitative estimate of drug-likeness (QED) is 0.401. The van der Waals surface area contributed by atoms with Crippen molar-refractivity contribution in [1.29, 1.82) is 0 Å². The van der Waals surface area contributed by atoms with Crippen LogP contribution in [0, 0.1) is 5.92 Å². The number of ketones is 1. The number of imide groups is 2. The maximum atomic E-state index is 12.9. The summed E-state index contributed by atoms with van der Waals surface area (Å²) in [6.07, 6.45) is 1.19. The monoisotopic (exact) mass is 425 g/mol. The number of hydrogen-bond donors (Lipinski definition) is 0. The van der Waals surface area contributed by atoms with Gasteiger partial charge in [-0.15, -0.1) is 0 Å². The summed E-state index contributed by atoms with van der Waals surface area (Å²) in [6, 6.07) is 12.6. The molecule has 0 aromatic heterocycles. The molecule has 1 saturated heterocycles. The van der Waals surface area contributed by atoms with E-state index in [0.717, 1.165) is 9.80 Å². The zero-order valence-corrected chi connectivity index (χ0v) is 17.3. The SMILES string of the molecule is CCN1C(=O)C(C=Nc2ccc(Cl)cc2C(=O)c2ccccc2)C(=O)N(CC)C1=O. The van der Waals surface area contributed by atoms with E-state index in [2.05, 4.69) is 4.99 Å². The number of nitrogens with zero attached hydrogens (tertiary/aromatic N) is 3. The van der Waals surface area contributed by atoms with Crippen LogP contribution in [0.2, 0.25) is 5.02 Å². The van der Waals surface area contributed by atoms with E-state index in [1.54, 1.807) is 56.3 Å². The Labute approximate surface area is 178 Å². The second-order valence-corrected chi connectivity index (χ2v) is 7.00. The molecule has 2 aromatic carbocycles. The van der Waals surface area contributed by atoms with Gasteiger partial charge in [0.2, 0.25) is 11.8 Å². The van der Waals surface area contributed by atoms with Crippen LogP contribution in [0.3, 0.4) is 0 Å². The van der Waals surface area contributed by atoms with E-state index >= 15 is 0 Å². The van der Waals surface area contributed by atoms with E-state index in [4.69, 9.17) is 11.6 Å². The van der Waals surface area contributed by atoms with Crippen molar-refractivity contribution in [3.8, 4) is 0 Å². The lowest BCUT2D eigenvalue weighted by molar-refractivity contribution is -0.145. The van der Waals surface area contributed by atoms with Gasteiger partial charge in [-0.05, 0) is 32.0 Å². The number of hydrogen-bond acceptors (Lipinski definition) is 5. The molecule has 1 heterocycles. The smallest absolute Gasteiger partial charge is 0.289 e. The first kappa shape index (κ1) is 21.4. The van der Waals surface area contributed by atoms with Crippen LogP contribution in [-0.2, 0) is 9.59 Å². The molecule has 0 atom stereocenters. The Morgan fingerprint density at radius 2 is 1.60 bits per heavy atom. The molecule has 0 N–H and O–H groups in total.